The summed E-state index contributed by atoms with van der Waals surface area (Å²) >= 11 is 0. The maximum Gasteiger partial charge on any atom is 0.240 e. The van der Waals surface area contributed by atoms with Gasteiger partial charge in [-0.15, -0.1) is 0 Å². The molecule has 0 aromatic heterocycles. The minimum atomic E-state index is -3.69. The highest BCUT2D eigenvalue weighted by atomic mass is 32.2. The molecule has 1 saturated heterocycles. The normalized spacial score (nSPS) is 15.1. The van der Waals surface area contributed by atoms with Gasteiger partial charge < -0.3 is 19.7 Å². The molecule has 158 valence electrons. The molecule has 0 unspecified atom stereocenters. The quantitative estimate of drug-likeness (QED) is 0.585. The average Bonchev–Trinajstić information content (AvgIpc) is 2.69. The fraction of sp³-hybridized carbons (Fsp3) is 0.632. The van der Waals surface area contributed by atoms with Gasteiger partial charge in [0.05, 0.1) is 26.2 Å². The molecule has 8 nitrogen and oxygen atoms in total. The molecule has 1 aromatic rings. The van der Waals surface area contributed by atoms with Crippen LogP contribution in [0, 0.1) is 0 Å². The lowest BCUT2D eigenvalue weighted by Gasteiger charge is -2.26. The minimum Gasteiger partial charge on any atom is -0.497 e. The Balaban J connectivity index is 1.97. The van der Waals surface area contributed by atoms with Gasteiger partial charge in [-0.25, -0.2) is 8.42 Å². The fourth-order valence-corrected chi connectivity index (χ4v) is 4.12. The number of rotatable bonds is 10. The monoisotopic (exact) mass is 413 g/mol. The van der Waals surface area contributed by atoms with Crippen LogP contribution in [0.4, 0.5) is 5.69 Å². The van der Waals surface area contributed by atoms with Gasteiger partial charge in [0.25, 0.3) is 0 Å². The number of hydrogen-bond acceptors (Lipinski definition) is 6. The lowest BCUT2D eigenvalue weighted by atomic mass is 10.1. The SMILES string of the molecule is COc1ccc(OC)c(N(CC(=O)NCCCN2CCCCC2)S(C)(=O)=O)c1. The van der Waals surface area contributed by atoms with Crippen LogP contribution in [0.25, 0.3) is 0 Å². The maximum absolute atomic E-state index is 12.4. The predicted octanol–water partition coefficient (Wildman–Crippen LogP) is 1.46. The first-order chi connectivity index (χ1) is 13.3. The molecule has 0 bridgehead atoms. The number of benzene rings is 1. The zero-order valence-electron chi connectivity index (χ0n) is 16.9. The molecule has 1 N–H and O–H groups in total. The van der Waals surface area contributed by atoms with Crippen molar-refractivity contribution in [1.29, 1.82) is 0 Å². The Kier molecular flexibility index (Phi) is 8.37. The highest BCUT2D eigenvalue weighted by molar-refractivity contribution is 7.92. The van der Waals surface area contributed by atoms with Gasteiger partial charge in [-0.1, -0.05) is 6.42 Å². The Hall–Kier alpha value is -2.00. The summed E-state index contributed by atoms with van der Waals surface area (Å²) in [6.07, 6.45) is 5.67. The second-order valence-electron chi connectivity index (χ2n) is 6.91. The number of methoxy groups -OCH3 is 2. The average molecular weight is 414 g/mol. The van der Waals surface area contributed by atoms with Crippen LogP contribution < -0.4 is 19.1 Å². The number of anilines is 1. The number of hydrogen-bond donors (Lipinski definition) is 1. The fourth-order valence-electron chi connectivity index (χ4n) is 3.27. The van der Waals surface area contributed by atoms with Crippen LogP contribution in [0.2, 0.25) is 0 Å². The summed E-state index contributed by atoms with van der Waals surface area (Å²) in [4.78, 5) is 14.8. The van der Waals surface area contributed by atoms with Crippen molar-refractivity contribution < 1.29 is 22.7 Å². The Morgan fingerprint density at radius 2 is 1.89 bits per heavy atom. The molecule has 1 fully saturated rings. The van der Waals surface area contributed by atoms with E-state index in [-0.39, 0.29) is 18.1 Å². The molecule has 2 rings (SSSR count). The number of sulfonamides is 1. The lowest BCUT2D eigenvalue weighted by Crippen LogP contribution is -2.41. The van der Waals surface area contributed by atoms with Crippen LogP contribution in [0.5, 0.6) is 11.5 Å². The Bertz CT molecular complexity index is 748. The lowest BCUT2D eigenvalue weighted by molar-refractivity contribution is -0.119. The number of likely N-dealkylation sites (tertiary alicyclic amines) is 1. The van der Waals surface area contributed by atoms with Crippen LogP contribution in [0.3, 0.4) is 0 Å². The largest absolute Gasteiger partial charge is 0.497 e. The third kappa shape index (κ3) is 6.56. The maximum atomic E-state index is 12.4. The van der Waals surface area contributed by atoms with E-state index in [1.54, 1.807) is 18.2 Å². The number of carbonyl (C=O) groups is 1. The zero-order chi connectivity index (χ0) is 20.6. The number of amides is 1. The van der Waals surface area contributed by atoms with Gasteiger partial charge in [-0.3, -0.25) is 9.10 Å². The Morgan fingerprint density at radius 1 is 1.18 bits per heavy atom. The molecule has 0 aliphatic carbocycles. The second-order valence-corrected chi connectivity index (χ2v) is 8.82. The minimum absolute atomic E-state index is 0.271. The summed E-state index contributed by atoms with van der Waals surface area (Å²) in [7, 11) is -0.747. The molecule has 1 amide bonds. The van der Waals surface area contributed by atoms with E-state index in [0.717, 1.165) is 36.6 Å². The summed E-state index contributed by atoms with van der Waals surface area (Å²) in [6.45, 7) is 3.38. The zero-order valence-corrected chi connectivity index (χ0v) is 17.8. The van der Waals surface area contributed by atoms with E-state index in [2.05, 4.69) is 10.2 Å². The van der Waals surface area contributed by atoms with E-state index in [4.69, 9.17) is 9.47 Å². The van der Waals surface area contributed by atoms with Gasteiger partial charge in [-0.2, -0.15) is 0 Å². The highest BCUT2D eigenvalue weighted by Gasteiger charge is 2.24. The summed E-state index contributed by atoms with van der Waals surface area (Å²) in [5.74, 6) is 0.476. The Labute approximate surface area is 167 Å². The predicted molar refractivity (Wildman–Crippen MR) is 110 cm³/mol. The molecule has 1 heterocycles. The van der Waals surface area contributed by atoms with E-state index in [1.165, 1.54) is 33.5 Å². The molecule has 0 atom stereocenters. The standard InChI is InChI=1S/C19H31N3O5S/c1-26-16-8-9-18(27-2)17(14-16)22(28(3,24)25)15-19(23)20-10-7-13-21-11-5-4-6-12-21/h8-9,14H,4-7,10-13,15H2,1-3H3,(H,20,23). The van der Waals surface area contributed by atoms with E-state index < -0.39 is 10.0 Å². The third-order valence-electron chi connectivity index (χ3n) is 4.76. The van der Waals surface area contributed by atoms with Crippen molar-refractivity contribution >= 4 is 21.6 Å². The second kappa shape index (κ2) is 10.5. The van der Waals surface area contributed by atoms with Crippen molar-refractivity contribution in [3.63, 3.8) is 0 Å². The van der Waals surface area contributed by atoms with Crippen molar-refractivity contribution in [2.24, 2.45) is 0 Å². The van der Waals surface area contributed by atoms with E-state index >= 15 is 0 Å². The highest BCUT2D eigenvalue weighted by Crippen LogP contribution is 2.33. The van der Waals surface area contributed by atoms with Gasteiger partial charge in [0.2, 0.25) is 15.9 Å². The molecule has 28 heavy (non-hydrogen) atoms. The van der Waals surface area contributed by atoms with Gasteiger partial charge >= 0.3 is 0 Å². The van der Waals surface area contributed by atoms with Crippen molar-refractivity contribution in [2.45, 2.75) is 25.7 Å². The van der Waals surface area contributed by atoms with Gasteiger partial charge in [0.1, 0.15) is 18.0 Å². The summed E-state index contributed by atoms with van der Waals surface area (Å²) in [6, 6.07) is 4.83. The van der Waals surface area contributed by atoms with Gasteiger partial charge in [-0.05, 0) is 51.0 Å². The number of nitrogens with zero attached hydrogens (tertiary/aromatic N) is 2. The van der Waals surface area contributed by atoms with Crippen molar-refractivity contribution in [3.05, 3.63) is 18.2 Å². The molecule has 0 saturated carbocycles. The topological polar surface area (TPSA) is 88.2 Å². The smallest absolute Gasteiger partial charge is 0.240 e. The third-order valence-corrected chi connectivity index (χ3v) is 5.89. The Morgan fingerprint density at radius 3 is 2.50 bits per heavy atom. The first-order valence-corrected chi connectivity index (χ1v) is 11.4. The van der Waals surface area contributed by atoms with Crippen LogP contribution in [0.15, 0.2) is 18.2 Å². The summed E-state index contributed by atoms with van der Waals surface area (Å²) in [5.41, 5.74) is 0.271. The molecule has 0 radical (unpaired) electrons. The van der Waals surface area contributed by atoms with E-state index in [0.29, 0.717) is 18.0 Å². The molecule has 1 aliphatic rings. The van der Waals surface area contributed by atoms with E-state index in [9.17, 15) is 13.2 Å². The summed E-state index contributed by atoms with van der Waals surface area (Å²) in [5, 5.41) is 2.82. The molecule has 0 spiro atoms. The van der Waals surface area contributed by atoms with Crippen LogP contribution >= 0.6 is 0 Å². The van der Waals surface area contributed by atoms with Gasteiger partial charge in [0.15, 0.2) is 0 Å². The van der Waals surface area contributed by atoms with Gasteiger partial charge in [0, 0.05) is 12.6 Å². The molecule has 1 aliphatic heterocycles. The van der Waals surface area contributed by atoms with Crippen LogP contribution in [-0.2, 0) is 14.8 Å². The number of piperidine rings is 1. The molecular weight excluding hydrogens is 382 g/mol. The van der Waals surface area contributed by atoms with E-state index in [1.807, 2.05) is 0 Å². The first-order valence-electron chi connectivity index (χ1n) is 9.54. The number of nitrogens with one attached hydrogen (secondary N) is 1. The summed E-state index contributed by atoms with van der Waals surface area (Å²) < 4.78 is 36.1. The number of carbonyl (C=O) groups excluding carboxylic acids is 1. The molecular formula is C19H31N3O5S. The van der Waals surface area contributed by atoms with Crippen molar-refractivity contribution in [2.75, 3.05) is 57.5 Å². The van der Waals surface area contributed by atoms with Crippen molar-refractivity contribution in [3.8, 4) is 11.5 Å². The first kappa shape index (κ1) is 22.3. The molecule has 9 heteroatoms. The molecule has 1 aromatic carbocycles. The van der Waals surface area contributed by atoms with Crippen LogP contribution in [0.1, 0.15) is 25.7 Å². The number of ether oxygens (including phenoxy) is 2. The van der Waals surface area contributed by atoms with Crippen molar-refractivity contribution in [1.82, 2.24) is 10.2 Å². The van der Waals surface area contributed by atoms with Crippen LogP contribution in [-0.4, -0.2) is 72.4 Å².